The molecule has 0 aliphatic rings. The zero-order valence-electron chi connectivity index (χ0n) is 7.60. The second kappa shape index (κ2) is 5.32. The van der Waals surface area contributed by atoms with Gasteiger partial charge in [0.05, 0.1) is 20.3 Å². The Morgan fingerprint density at radius 2 is 2.23 bits per heavy atom. The molecule has 0 aliphatic heterocycles. The molecule has 3 heteroatoms. The van der Waals surface area contributed by atoms with Crippen LogP contribution in [0.25, 0.3) is 0 Å². The van der Waals surface area contributed by atoms with Crippen molar-refractivity contribution < 1.29 is 9.84 Å². The SMILES string of the molecule is COc1ccccc1/C=N/CCO. The quantitative estimate of drug-likeness (QED) is 0.703. The number of aliphatic hydroxyl groups excluding tert-OH is 1. The highest BCUT2D eigenvalue weighted by atomic mass is 16.5. The predicted molar refractivity (Wildman–Crippen MR) is 52.5 cm³/mol. The zero-order valence-corrected chi connectivity index (χ0v) is 7.60. The highest BCUT2D eigenvalue weighted by molar-refractivity contribution is 5.83. The summed E-state index contributed by atoms with van der Waals surface area (Å²) in [7, 11) is 1.62. The van der Waals surface area contributed by atoms with Gasteiger partial charge in [0.2, 0.25) is 0 Å². The van der Waals surface area contributed by atoms with Gasteiger partial charge in [-0.15, -0.1) is 0 Å². The summed E-state index contributed by atoms with van der Waals surface area (Å²) in [5.74, 6) is 0.796. The van der Waals surface area contributed by atoms with Gasteiger partial charge in [-0.25, -0.2) is 0 Å². The average molecular weight is 179 g/mol. The first-order valence-corrected chi connectivity index (χ1v) is 4.12. The van der Waals surface area contributed by atoms with Gasteiger partial charge in [-0.3, -0.25) is 4.99 Å². The minimum atomic E-state index is 0.0750. The lowest BCUT2D eigenvalue weighted by Gasteiger charge is -2.02. The van der Waals surface area contributed by atoms with Crippen LogP contribution in [0.4, 0.5) is 0 Å². The van der Waals surface area contributed by atoms with E-state index in [9.17, 15) is 0 Å². The van der Waals surface area contributed by atoms with E-state index in [1.165, 1.54) is 0 Å². The predicted octanol–water partition coefficient (Wildman–Crippen LogP) is 1.11. The first kappa shape index (κ1) is 9.74. The molecule has 3 nitrogen and oxygen atoms in total. The average Bonchev–Trinajstić information content (AvgIpc) is 2.19. The van der Waals surface area contributed by atoms with E-state index < -0.39 is 0 Å². The molecule has 0 atom stereocenters. The normalized spacial score (nSPS) is 10.6. The van der Waals surface area contributed by atoms with Crippen LogP contribution in [0.1, 0.15) is 5.56 Å². The molecule has 70 valence electrons. The number of methoxy groups -OCH3 is 1. The maximum Gasteiger partial charge on any atom is 0.127 e. The van der Waals surface area contributed by atoms with Gasteiger partial charge in [0.15, 0.2) is 0 Å². The van der Waals surface area contributed by atoms with Gasteiger partial charge in [0, 0.05) is 11.8 Å². The summed E-state index contributed by atoms with van der Waals surface area (Å²) >= 11 is 0. The van der Waals surface area contributed by atoms with Gasteiger partial charge in [0.25, 0.3) is 0 Å². The van der Waals surface area contributed by atoms with Crippen molar-refractivity contribution in [2.45, 2.75) is 0 Å². The Bertz CT molecular complexity index is 284. The van der Waals surface area contributed by atoms with Crippen LogP contribution in [0.2, 0.25) is 0 Å². The summed E-state index contributed by atoms with van der Waals surface area (Å²) in [5, 5.41) is 8.53. The smallest absolute Gasteiger partial charge is 0.127 e. The largest absolute Gasteiger partial charge is 0.496 e. The maximum absolute atomic E-state index is 8.53. The fourth-order valence-corrected chi connectivity index (χ4v) is 0.994. The minimum Gasteiger partial charge on any atom is -0.496 e. The first-order valence-electron chi connectivity index (χ1n) is 4.12. The molecule has 1 aromatic carbocycles. The Morgan fingerprint density at radius 1 is 1.46 bits per heavy atom. The third kappa shape index (κ3) is 2.87. The van der Waals surface area contributed by atoms with Gasteiger partial charge >= 0.3 is 0 Å². The summed E-state index contributed by atoms with van der Waals surface area (Å²) in [6.45, 7) is 0.504. The number of hydrogen-bond acceptors (Lipinski definition) is 3. The molecule has 0 fully saturated rings. The Labute approximate surface area is 77.7 Å². The number of aliphatic imine (C=N–C) groups is 1. The number of rotatable bonds is 4. The number of hydrogen-bond donors (Lipinski definition) is 1. The van der Waals surface area contributed by atoms with Crippen molar-refractivity contribution in [1.82, 2.24) is 0 Å². The standard InChI is InChI=1S/C10H13NO2/c1-13-10-5-3-2-4-9(10)8-11-6-7-12/h2-5,8,12H,6-7H2,1H3/b11-8+. The highest BCUT2D eigenvalue weighted by Crippen LogP contribution is 2.14. The molecule has 0 saturated carbocycles. The molecule has 13 heavy (non-hydrogen) atoms. The van der Waals surface area contributed by atoms with Gasteiger partial charge in [-0.2, -0.15) is 0 Å². The highest BCUT2D eigenvalue weighted by Gasteiger charge is 1.95. The van der Waals surface area contributed by atoms with E-state index >= 15 is 0 Å². The van der Waals surface area contributed by atoms with Crippen molar-refractivity contribution in [3.05, 3.63) is 29.8 Å². The van der Waals surface area contributed by atoms with E-state index in [0.29, 0.717) is 6.54 Å². The summed E-state index contributed by atoms with van der Waals surface area (Å²) in [5.41, 5.74) is 0.929. The lowest BCUT2D eigenvalue weighted by atomic mass is 10.2. The molecule has 0 saturated heterocycles. The first-order chi connectivity index (χ1) is 6.38. The fraction of sp³-hybridized carbons (Fsp3) is 0.300. The van der Waals surface area contributed by atoms with Crippen molar-refractivity contribution in [3.63, 3.8) is 0 Å². The molecule has 0 heterocycles. The molecule has 1 rings (SSSR count). The van der Waals surface area contributed by atoms with Crippen LogP contribution in [0.3, 0.4) is 0 Å². The zero-order chi connectivity index (χ0) is 9.52. The summed E-state index contributed by atoms with van der Waals surface area (Å²) < 4.78 is 5.12. The fourth-order valence-electron chi connectivity index (χ4n) is 0.994. The third-order valence-corrected chi connectivity index (χ3v) is 1.60. The second-order valence-electron chi connectivity index (χ2n) is 2.50. The van der Waals surface area contributed by atoms with Crippen LogP contribution in [-0.2, 0) is 0 Å². The topological polar surface area (TPSA) is 41.8 Å². The number of ether oxygens (including phenoxy) is 1. The molecule has 0 unspecified atom stereocenters. The summed E-state index contributed by atoms with van der Waals surface area (Å²) in [6, 6.07) is 7.62. The maximum atomic E-state index is 8.53. The van der Waals surface area contributed by atoms with Crippen molar-refractivity contribution in [3.8, 4) is 5.75 Å². The van der Waals surface area contributed by atoms with Gasteiger partial charge in [-0.05, 0) is 12.1 Å². The number of nitrogens with zero attached hydrogens (tertiary/aromatic N) is 1. The second-order valence-corrected chi connectivity index (χ2v) is 2.50. The third-order valence-electron chi connectivity index (χ3n) is 1.60. The van der Waals surface area contributed by atoms with E-state index in [-0.39, 0.29) is 6.61 Å². The van der Waals surface area contributed by atoms with Crippen LogP contribution >= 0.6 is 0 Å². The van der Waals surface area contributed by atoms with Crippen LogP contribution in [0.15, 0.2) is 29.3 Å². The molecule has 0 radical (unpaired) electrons. The monoisotopic (exact) mass is 179 g/mol. The molecule has 1 N–H and O–H groups in total. The molecule has 0 spiro atoms. The van der Waals surface area contributed by atoms with Crippen molar-refractivity contribution in [2.75, 3.05) is 20.3 Å². The number of benzene rings is 1. The lowest BCUT2D eigenvalue weighted by Crippen LogP contribution is -1.92. The van der Waals surface area contributed by atoms with Crippen LogP contribution in [0, 0.1) is 0 Å². The van der Waals surface area contributed by atoms with E-state index in [1.54, 1.807) is 13.3 Å². The molecule has 0 aromatic heterocycles. The van der Waals surface area contributed by atoms with Crippen LogP contribution in [-0.4, -0.2) is 31.6 Å². The van der Waals surface area contributed by atoms with Crippen molar-refractivity contribution >= 4 is 6.21 Å². The minimum absolute atomic E-state index is 0.0750. The Morgan fingerprint density at radius 3 is 2.92 bits per heavy atom. The Hall–Kier alpha value is -1.35. The van der Waals surface area contributed by atoms with E-state index in [2.05, 4.69) is 4.99 Å². The van der Waals surface area contributed by atoms with E-state index in [1.807, 2.05) is 24.3 Å². The Kier molecular flexibility index (Phi) is 3.99. The molecule has 0 amide bonds. The van der Waals surface area contributed by atoms with Crippen molar-refractivity contribution in [1.29, 1.82) is 0 Å². The van der Waals surface area contributed by atoms with Gasteiger partial charge < -0.3 is 9.84 Å². The molecule has 0 aliphatic carbocycles. The summed E-state index contributed by atoms with van der Waals surface area (Å²) in [4.78, 5) is 4.01. The molecule has 1 aromatic rings. The van der Waals surface area contributed by atoms with Crippen LogP contribution < -0.4 is 4.74 Å². The van der Waals surface area contributed by atoms with Gasteiger partial charge in [0.1, 0.15) is 5.75 Å². The summed E-state index contributed by atoms with van der Waals surface area (Å²) in [6.07, 6.45) is 1.70. The number of aliphatic hydroxyl groups is 1. The molecular weight excluding hydrogens is 166 g/mol. The Balaban J connectivity index is 2.74. The lowest BCUT2D eigenvalue weighted by molar-refractivity contribution is 0.307. The van der Waals surface area contributed by atoms with Crippen LogP contribution in [0.5, 0.6) is 5.75 Å². The van der Waals surface area contributed by atoms with E-state index in [4.69, 9.17) is 9.84 Å². The van der Waals surface area contributed by atoms with E-state index in [0.717, 1.165) is 11.3 Å². The van der Waals surface area contributed by atoms with Gasteiger partial charge in [-0.1, -0.05) is 12.1 Å². The molecular formula is C10H13NO2. The van der Waals surface area contributed by atoms with Crippen molar-refractivity contribution in [2.24, 2.45) is 4.99 Å². The molecule has 0 bridgehead atoms. The number of para-hydroxylation sites is 1.